The summed E-state index contributed by atoms with van der Waals surface area (Å²) in [4.78, 5) is 13.1. The maximum atomic E-state index is 13.1. The maximum Gasteiger partial charge on any atom is 0.297 e. The number of tetrazole rings is 1. The van der Waals surface area contributed by atoms with Crippen LogP contribution in [0.1, 0.15) is 26.5 Å². The average molecular weight is 388 g/mol. The van der Waals surface area contributed by atoms with Crippen molar-refractivity contribution in [2.24, 2.45) is 12.5 Å². The summed E-state index contributed by atoms with van der Waals surface area (Å²) >= 11 is 1.33. The molecule has 1 N–H and O–H groups in total. The van der Waals surface area contributed by atoms with Gasteiger partial charge in [-0.15, -0.1) is 5.10 Å². The molecule has 0 amide bonds. The average Bonchev–Trinajstić information content (AvgIpc) is 3.15. The molecule has 0 bridgehead atoms. The molecule has 27 heavy (non-hydrogen) atoms. The Kier molecular flexibility index (Phi) is 5.25. The molecular weight excluding hydrogens is 364 g/mol. The Balaban J connectivity index is 2.00. The lowest BCUT2D eigenvalue weighted by Crippen LogP contribution is -2.28. The number of nitrogens with zero attached hydrogens (tertiary/aromatic N) is 6. The van der Waals surface area contributed by atoms with Crippen LogP contribution in [0.4, 0.5) is 0 Å². The first-order chi connectivity index (χ1) is 12.7. The summed E-state index contributed by atoms with van der Waals surface area (Å²) in [6.45, 7) is 7.78. The summed E-state index contributed by atoms with van der Waals surface area (Å²) in [5, 5.41) is 22.6. The number of aromatic nitrogens is 6. The second kappa shape index (κ2) is 7.32. The SMILES string of the molecule is Cc1c(-n2nnnc2SC[C@@H](O)C(C)(C)C)c(=O)n(-c2ccccc2)n1C. The third-order valence-corrected chi connectivity index (χ3v) is 5.54. The van der Waals surface area contributed by atoms with Gasteiger partial charge in [0, 0.05) is 12.8 Å². The van der Waals surface area contributed by atoms with E-state index in [4.69, 9.17) is 0 Å². The van der Waals surface area contributed by atoms with E-state index >= 15 is 0 Å². The number of aliphatic hydroxyl groups excluding tert-OH is 1. The van der Waals surface area contributed by atoms with Gasteiger partial charge >= 0.3 is 0 Å². The first kappa shape index (κ1) is 19.4. The number of benzene rings is 1. The molecule has 0 saturated carbocycles. The van der Waals surface area contributed by atoms with Crippen LogP contribution in [0.2, 0.25) is 0 Å². The van der Waals surface area contributed by atoms with Crippen LogP contribution >= 0.6 is 11.8 Å². The molecule has 1 aromatic carbocycles. The zero-order chi connectivity index (χ0) is 19.8. The fourth-order valence-corrected chi connectivity index (χ4v) is 3.76. The Labute approximate surface area is 161 Å². The fourth-order valence-electron chi connectivity index (χ4n) is 2.61. The molecule has 9 heteroatoms. The van der Waals surface area contributed by atoms with E-state index in [9.17, 15) is 9.90 Å². The van der Waals surface area contributed by atoms with Crippen molar-refractivity contribution in [1.29, 1.82) is 0 Å². The standard InChI is InChI=1S/C18H24N6O2S/c1-12-15(16(26)24(22(12)5)13-9-7-6-8-10-13)23-17(19-20-21-23)27-11-14(25)18(2,3)4/h6-10,14,25H,11H2,1-5H3/t14-/m1/s1. The molecule has 0 saturated heterocycles. The zero-order valence-electron chi connectivity index (χ0n) is 16.1. The van der Waals surface area contributed by atoms with Gasteiger partial charge in [0.2, 0.25) is 5.16 Å². The second-order valence-corrected chi connectivity index (χ2v) is 8.46. The van der Waals surface area contributed by atoms with E-state index in [-0.39, 0.29) is 11.0 Å². The van der Waals surface area contributed by atoms with Gasteiger partial charge in [-0.2, -0.15) is 4.68 Å². The van der Waals surface area contributed by atoms with Gasteiger partial charge in [0.05, 0.1) is 17.5 Å². The number of para-hydroxylation sites is 1. The number of rotatable bonds is 5. The molecule has 0 aliphatic carbocycles. The van der Waals surface area contributed by atoms with Gasteiger partial charge in [0.1, 0.15) is 0 Å². The van der Waals surface area contributed by atoms with E-state index in [1.807, 2.05) is 65.1 Å². The molecule has 0 aliphatic heterocycles. The Morgan fingerprint density at radius 3 is 2.52 bits per heavy atom. The molecule has 1 atom stereocenters. The summed E-state index contributed by atoms with van der Waals surface area (Å²) < 4.78 is 4.83. The third kappa shape index (κ3) is 3.70. The first-order valence-corrected chi connectivity index (χ1v) is 9.64. The summed E-state index contributed by atoms with van der Waals surface area (Å²) in [5.41, 5.74) is 1.47. The molecule has 8 nitrogen and oxygen atoms in total. The molecule has 3 aromatic rings. The van der Waals surface area contributed by atoms with Gasteiger partial charge in [0.15, 0.2) is 5.69 Å². The minimum absolute atomic E-state index is 0.202. The van der Waals surface area contributed by atoms with Gasteiger partial charge in [-0.05, 0) is 34.9 Å². The molecule has 0 spiro atoms. The monoisotopic (exact) mass is 388 g/mol. The quantitative estimate of drug-likeness (QED) is 0.672. The highest BCUT2D eigenvalue weighted by Gasteiger charge is 2.25. The van der Waals surface area contributed by atoms with Crippen molar-refractivity contribution in [1.82, 2.24) is 29.6 Å². The van der Waals surface area contributed by atoms with Gasteiger partial charge in [-0.1, -0.05) is 50.7 Å². The Morgan fingerprint density at radius 1 is 1.22 bits per heavy atom. The van der Waals surface area contributed by atoms with Crippen molar-refractivity contribution >= 4 is 11.8 Å². The lowest BCUT2D eigenvalue weighted by molar-refractivity contribution is 0.0842. The van der Waals surface area contributed by atoms with Crippen LogP contribution < -0.4 is 5.56 Å². The van der Waals surface area contributed by atoms with E-state index < -0.39 is 6.10 Å². The molecule has 0 fully saturated rings. The molecule has 0 unspecified atom stereocenters. The molecule has 2 aromatic heterocycles. The van der Waals surface area contributed by atoms with E-state index in [1.54, 1.807) is 9.36 Å². The lowest BCUT2D eigenvalue weighted by Gasteiger charge is -2.24. The summed E-state index contributed by atoms with van der Waals surface area (Å²) in [5.74, 6) is 0.433. The lowest BCUT2D eigenvalue weighted by atomic mass is 9.90. The molecule has 0 radical (unpaired) electrons. The van der Waals surface area contributed by atoms with E-state index in [2.05, 4.69) is 15.5 Å². The predicted octanol–water partition coefficient (Wildman–Crippen LogP) is 1.96. The molecular formula is C18H24N6O2S. The Morgan fingerprint density at radius 2 is 1.89 bits per heavy atom. The van der Waals surface area contributed by atoms with Crippen LogP contribution in [-0.2, 0) is 7.05 Å². The van der Waals surface area contributed by atoms with Gasteiger partial charge in [0.25, 0.3) is 5.56 Å². The highest BCUT2D eigenvalue weighted by atomic mass is 32.2. The van der Waals surface area contributed by atoms with Crippen LogP contribution in [0.5, 0.6) is 0 Å². The number of aliphatic hydroxyl groups is 1. The van der Waals surface area contributed by atoms with Crippen molar-refractivity contribution in [3.8, 4) is 11.4 Å². The Bertz CT molecular complexity index is 984. The van der Waals surface area contributed by atoms with E-state index in [0.29, 0.717) is 16.6 Å². The van der Waals surface area contributed by atoms with Crippen LogP contribution in [0.25, 0.3) is 11.4 Å². The smallest absolute Gasteiger partial charge is 0.297 e. The minimum Gasteiger partial charge on any atom is -0.392 e. The van der Waals surface area contributed by atoms with E-state index in [1.165, 1.54) is 16.4 Å². The molecule has 3 rings (SSSR count). The Hall–Kier alpha value is -2.39. The van der Waals surface area contributed by atoms with Gasteiger partial charge in [-0.25, -0.2) is 4.68 Å². The van der Waals surface area contributed by atoms with Crippen molar-refractivity contribution < 1.29 is 5.11 Å². The molecule has 144 valence electrons. The number of hydrogen-bond acceptors (Lipinski definition) is 6. The zero-order valence-corrected chi connectivity index (χ0v) is 16.9. The van der Waals surface area contributed by atoms with Crippen molar-refractivity contribution in [2.75, 3.05) is 5.75 Å². The first-order valence-electron chi connectivity index (χ1n) is 8.65. The van der Waals surface area contributed by atoms with Gasteiger partial charge in [-0.3, -0.25) is 9.48 Å². The largest absolute Gasteiger partial charge is 0.392 e. The highest BCUT2D eigenvalue weighted by molar-refractivity contribution is 7.99. The second-order valence-electron chi connectivity index (χ2n) is 7.48. The number of thioether (sulfide) groups is 1. The molecule has 2 heterocycles. The van der Waals surface area contributed by atoms with Gasteiger partial charge < -0.3 is 5.11 Å². The highest BCUT2D eigenvalue weighted by Crippen LogP contribution is 2.26. The van der Waals surface area contributed by atoms with Crippen LogP contribution in [0.3, 0.4) is 0 Å². The topological polar surface area (TPSA) is 90.8 Å². The summed E-state index contributed by atoms with van der Waals surface area (Å²) in [6.07, 6.45) is -0.523. The van der Waals surface area contributed by atoms with Crippen LogP contribution in [0, 0.1) is 12.3 Å². The number of hydrogen-bond donors (Lipinski definition) is 1. The normalized spacial score (nSPS) is 13.1. The van der Waals surface area contributed by atoms with Crippen molar-refractivity contribution in [2.45, 2.75) is 39.0 Å². The molecule has 0 aliphatic rings. The van der Waals surface area contributed by atoms with Crippen molar-refractivity contribution in [3.05, 3.63) is 46.4 Å². The summed E-state index contributed by atoms with van der Waals surface area (Å²) in [7, 11) is 1.83. The summed E-state index contributed by atoms with van der Waals surface area (Å²) in [6, 6.07) is 9.42. The van der Waals surface area contributed by atoms with Crippen LogP contribution in [0.15, 0.2) is 40.3 Å². The minimum atomic E-state index is -0.523. The van der Waals surface area contributed by atoms with E-state index in [0.717, 1.165) is 11.4 Å². The van der Waals surface area contributed by atoms with Crippen molar-refractivity contribution in [3.63, 3.8) is 0 Å². The maximum absolute atomic E-state index is 13.1. The third-order valence-electron chi connectivity index (χ3n) is 4.55. The fraction of sp³-hybridized carbons (Fsp3) is 0.444. The van der Waals surface area contributed by atoms with Crippen LogP contribution in [-0.4, -0.2) is 46.5 Å². The predicted molar refractivity (Wildman–Crippen MR) is 105 cm³/mol.